The van der Waals surface area contributed by atoms with E-state index in [-0.39, 0.29) is 5.57 Å². The molecule has 1 N–H and O–H groups in total. The molecule has 0 aliphatic rings. The molecule has 0 aliphatic heterocycles. The summed E-state index contributed by atoms with van der Waals surface area (Å²) in [5, 5.41) is 17.2. The maximum Gasteiger partial charge on any atom is 0.266 e. The number of ether oxygens (including phenoxy) is 2. The van der Waals surface area contributed by atoms with Crippen molar-refractivity contribution in [1.29, 1.82) is 5.26 Å². The molecular formula is C26H21N5O3. The van der Waals surface area contributed by atoms with Crippen molar-refractivity contribution < 1.29 is 14.3 Å². The number of aromatic nitrogens is 3. The quantitative estimate of drug-likeness (QED) is 0.328. The van der Waals surface area contributed by atoms with Crippen LogP contribution in [0.15, 0.2) is 84.8 Å². The number of para-hydroxylation sites is 1. The molecule has 0 radical (unpaired) electrons. The SMILES string of the molecule is COc1ccc(NC(=O)/C(C#N)=C/c2cn(-c3ccccc3)nc2-c2ccncc2)cc1OC. The van der Waals surface area contributed by atoms with Crippen molar-refractivity contribution in [2.45, 2.75) is 0 Å². The van der Waals surface area contributed by atoms with E-state index in [4.69, 9.17) is 14.6 Å². The van der Waals surface area contributed by atoms with E-state index in [2.05, 4.69) is 10.3 Å². The first-order valence-electron chi connectivity index (χ1n) is 10.3. The lowest BCUT2D eigenvalue weighted by Crippen LogP contribution is -2.13. The largest absolute Gasteiger partial charge is 0.493 e. The summed E-state index contributed by atoms with van der Waals surface area (Å²) in [4.78, 5) is 17.0. The number of carbonyl (C=O) groups is 1. The molecule has 4 aromatic rings. The molecule has 0 atom stereocenters. The van der Waals surface area contributed by atoms with Crippen LogP contribution in [0.1, 0.15) is 5.56 Å². The molecule has 2 aromatic heterocycles. The number of nitrogens with zero attached hydrogens (tertiary/aromatic N) is 4. The molecule has 0 saturated heterocycles. The minimum atomic E-state index is -0.553. The van der Waals surface area contributed by atoms with Gasteiger partial charge in [0.25, 0.3) is 5.91 Å². The number of hydrogen-bond donors (Lipinski definition) is 1. The Morgan fingerprint density at radius 3 is 2.44 bits per heavy atom. The third kappa shape index (κ3) is 4.79. The van der Waals surface area contributed by atoms with Crippen molar-refractivity contribution in [1.82, 2.24) is 14.8 Å². The molecule has 8 heteroatoms. The number of nitrogens with one attached hydrogen (secondary N) is 1. The molecule has 34 heavy (non-hydrogen) atoms. The van der Waals surface area contributed by atoms with Crippen molar-refractivity contribution in [3.63, 3.8) is 0 Å². The summed E-state index contributed by atoms with van der Waals surface area (Å²) in [6, 6.07) is 20.2. The molecule has 0 aliphatic carbocycles. The van der Waals surface area contributed by atoms with Gasteiger partial charge in [0, 0.05) is 41.5 Å². The van der Waals surface area contributed by atoms with Gasteiger partial charge in [-0.05, 0) is 42.5 Å². The van der Waals surface area contributed by atoms with Crippen molar-refractivity contribution >= 4 is 17.7 Å². The molecular weight excluding hydrogens is 430 g/mol. The Morgan fingerprint density at radius 1 is 1.03 bits per heavy atom. The van der Waals surface area contributed by atoms with Crippen LogP contribution in [-0.4, -0.2) is 34.9 Å². The minimum absolute atomic E-state index is 0.0716. The summed E-state index contributed by atoms with van der Waals surface area (Å²) in [7, 11) is 3.04. The zero-order valence-electron chi connectivity index (χ0n) is 18.6. The molecule has 4 rings (SSSR count). The predicted octanol–water partition coefficient (Wildman–Crippen LogP) is 4.50. The van der Waals surface area contributed by atoms with E-state index in [1.54, 1.807) is 41.5 Å². The summed E-state index contributed by atoms with van der Waals surface area (Å²) in [6.07, 6.45) is 6.64. The Bertz CT molecular complexity index is 1370. The molecule has 0 fully saturated rings. The first-order chi connectivity index (χ1) is 16.6. The highest BCUT2D eigenvalue weighted by Gasteiger charge is 2.16. The van der Waals surface area contributed by atoms with Crippen LogP contribution in [0.2, 0.25) is 0 Å². The smallest absolute Gasteiger partial charge is 0.266 e. The van der Waals surface area contributed by atoms with Crippen LogP contribution in [0, 0.1) is 11.3 Å². The number of anilines is 1. The number of pyridine rings is 1. The third-order valence-corrected chi connectivity index (χ3v) is 5.02. The van der Waals surface area contributed by atoms with Crippen LogP contribution >= 0.6 is 0 Å². The second-order valence-electron chi connectivity index (χ2n) is 7.14. The predicted molar refractivity (Wildman–Crippen MR) is 129 cm³/mol. The van der Waals surface area contributed by atoms with Crippen LogP contribution in [0.25, 0.3) is 23.0 Å². The number of benzene rings is 2. The number of nitriles is 1. The van der Waals surface area contributed by atoms with E-state index >= 15 is 0 Å². The Balaban J connectivity index is 1.70. The molecule has 0 spiro atoms. The Hall–Kier alpha value is -4.90. The van der Waals surface area contributed by atoms with Crippen molar-refractivity contribution in [3.8, 4) is 34.5 Å². The monoisotopic (exact) mass is 451 g/mol. The highest BCUT2D eigenvalue weighted by Crippen LogP contribution is 2.30. The number of methoxy groups -OCH3 is 2. The van der Waals surface area contributed by atoms with E-state index in [9.17, 15) is 10.1 Å². The van der Waals surface area contributed by atoms with E-state index in [0.29, 0.717) is 28.4 Å². The first kappa shape index (κ1) is 22.3. The van der Waals surface area contributed by atoms with Gasteiger partial charge in [-0.1, -0.05) is 18.2 Å². The number of rotatable bonds is 7. The fourth-order valence-corrected chi connectivity index (χ4v) is 3.36. The van der Waals surface area contributed by atoms with Crippen molar-refractivity contribution in [3.05, 3.63) is 90.4 Å². The van der Waals surface area contributed by atoms with Gasteiger partial charge in [-0.2, -0.15) is 10.4 Å². The Morgan fingerprint density at radius 2 is 1.76 bits per heavy atom. The van der Waals surface area contributed by atoms with Crippen LogP contribution in [-0.2, 0) is 4.79 Å². The maximum absolute atomic E-state index is 12.9. The molecule has 2 heterocycles. The van der Waals surface area contributed by atoms with Crippen LogP contribution < -0.4 is 14.8 Å². The number of hydrogen-bond acceptors (Lipinski definition) is 6. The highest BCUT2D eigenvalue weighted by atomic mass is 16.5. The van der Waals surface area contributed by atoms with Crippen LogP contribution in [0.5, 0.6) is 11.5 Å². The number of amides is 1. The average Bonchev–Trinajstić information content (AvgIpc) is 3.32. The second kappa shape index (κ2) is 10.1. The van der Waals surface area contributed by atoms with E-state index in [0.717, 1.165) is 11.3 Å². The van der Waals surface area contributed by atoms with Gasteiger partial charge in [-0.25, -0.2) is 4.68 Å². The lowest BCUT2D eigenvalue weighted by Gasteiger charge is -2.10. The van der Waals surface area contributed by atoms with Gasteiger partial charge in [-0.3, -0.25) is 9.78 Å². The van der Waals surface area contributed by atoms with Gasteiger partial charge in [0.15, 0.2) is 11.5 Å². The van der Waals surface area contributed by atoms with Crippen molar-refractivity contribution in [2.75, 3.05) is 19.5 Å². The van der Waals surface area contributed by atoms with Gasteiger partial charge in [0.1, 0.15) is 17.3 Å². The fourth-order valence-electron chi connectivity index (χ4n) is 3.36. The normalized spacial score (nSPS) is 10.9. The van der Waals surface area contributed by atoms with Gasteiger partial charge in [0.05, 0.1) is 19.9 Å². The zero-order chi connectivity index (χ0) is 23.9. The average molecular weight is 451 g/mol. The zero-order valence-corrected chi connectivity index (χ0v) is 18.6. The van der Waals surface area contributed by atoms with Gasteiger partial charge in [0.2, 0.25) is 0 Å². The first-order valence-corrected chi connectivity index (χ1v) is 10.3. The molecule has 168 valence electrons. The summed E-state index contributed by atoms with van der Waals surface area (Å²) >= 11 is 0. The van der Waals surface area contributed by atoms with Gasteiger partial charge >= 0.3 is 0 Å². The third-order valence-electron chi connectivity index (χ3n) is 5.02. The summed E-state index contributed by atoms with van der Waals surface area (Å²) in [5.41, 5.74) is 3.31. The molecule has 0 saturated carbocycles. The Labute approximate surface area is 196 Å². The van der Waals surface area contributed by atoms with E-state index in [1.807, 2.05) is 48.5 Å². The summed E-state index contributed by atoms with van der Waals surface area (Å²) in [5.74, 6) is 0.446. The Kier molecular flexibility index (Phi) is 6.65. The standard InChI is InChI=1S/C26H21N5O3/c1-33-23-9-8-21(15-24(23)34-2)29-26(32)19(16-27)14-20-17-31(22-6-4-3-5-7-22)30-25(20)18-10-12-28-13-11-18/h3-15,17H,1-2H3,(H,29,32)/b19-14+. The minimum Gasteiger partial charge on any atom is -0.493 e. The van der Waals surface area contributed by atoms with Gasteiger partial charge in [-0.15, -0.1) is 0 Å². The molecule has 8 nitrogen and oxygen atoms in total. The molecule has 0 bridgehead atoms. The van der Waals surface area contributed by atoms with E-state index < -0.39 is 5.91 Å². The number of carbonyl (C=O) groups excluding carboxylic acids is 1. The van der Waals surface area contributed by atoms with Gasteiger partial charge < -0.3 is 14.8 Å². The second-order valence-corrected chi connectivity index (χ2v) is 7.14. The lowest BCUT2D eigenvalue weighted by atomic mass is 10.1. The summed E-state index contributed by atoms with van der Waals surface area (Å²) < 4.78 is 12.2. The van der Waals surface area contributed by atoms with Crippen molar-refractivity contribution in [2.24, 2.45) is 0 Å². The van der Waals surface area contributed by atoms with Crippen LogP contribution in [0.4, 0.5) is 5.69 Å². The maximum atomic E-state index is 12.9. The van der Waals surface area contributed by atoms with Crippen LogP contribution in [0.3, 0.4) is 0 Å². The molecule has 2 aromatic carbocycles. The highest BCUT2D eigenvalue weighted by molar-refractivity contribution is 6.10. The fraction of sp³-hybridized carbons (Fsp3) is 0.0769. The van der Waals surface area contributed by atoms with E-state index in [1.165, 1.54) is 20.3 Å². The topological polar surface area (TPSA) is 102 Å². The lowest BCUT2D eigenvalue weighted by molar-refractivity contribution is -0.112. The molecule has 1 amide bonds. The summed E-state index contributed by atoms with van der Waals surface area (Å²) in [6.45, 7) is 0. The molecule has 0 unspecified atom stereocenters.